The van der Waals surface area contributed by atoms with Gasteiger partial charge in [0.25, 0.3) is 0 Å². The SMILES string of the molecule is CCC[C@@H]1CC[C@H]2[C@H]3[C@@H](O[C@@H]2CC1)[C@@](O)([C@](C)(O)[C@H]1CC[C@@]2(O)C4=C(NC[C@H](C)O)C(=O)[C@@H]5C[C@@H](O)[C@@H](O)C[C@@]56C[C@H](C5=C(CCCO)NC(N)C=C5)C=C[C@@](O)(C[C@]12C1CCC(CCO[C@H]2CCC[C@@H](O)C2)CC1)[C@@H]46)CCC[C@@H]3O. The molecule has 22 atom stereocenters. The van der Waals surface area contributed by atoms with Crippen LogP contribution in [0.5, 0.6) is 0 Å². The van der Waals surface area contributed by atoms with E-state index in [-0.39, 0.29) is 99.7 Å². The lowest BCUT2D eigenvalue weighted by atomic mass is 9.37. The van der Waals surface area contributed by atoms with E-state index in [1.807, 2.05) is 24.3 Å². The maximum atomic E-state index is 16.1. The number of carbonyl (C=O) groups is 1. The summed E-state index contributed by atoms with van der Waals surface area (Å²) in [6.45, 7) is 6.07. The molecule has 0 aromatic carbocycles. The monoisotopic (exact) mass is 1130 g/mol. The summed E-state index contributed by atoms with van der Waals surface area (Å²) in [6, 6.07) is 0. The molecule has 0 bridgehead atoms. The average Bonchev–Trinajstić information content (AvgIpc) is 3.24. The summed E-state index contributed by atoms with van der Waals surface area (Å²) in [6.07, 6.45) is 17.1. The Morgan fingerprint density at radius 3 is 2.38 bits per heavy atom. The highest BCUT2D eigenvalue weighted by Crippen LogP contribution is 2.77. The molecule has 8 fully saturated rings. The number of dihydropyridines is 1. The van der Waals surface area contributed by atoms with Crippen molar-refractivity contribution in [3.8, 4) is 0 Å². The third-order valence-corrected chi connectivity index (χ3v) is 24.2. The molecule has 456 valence electrons. The number of nitrogens with one attached hydrogen (secondary N) is 2. The molecule has 1 unspecified atom stereocenters. The van der Waals surface area contributed by atoms with E-state index in [4.69, 9.17) is 15.2 Å². The van der Waals surface area contributed by atoms with E-state index in [1.54, 1.807) is 13.8 Å². The molecular weight excluding hydrogens is 1030 g/mol. The molecule has 1 saturated heterocycles. The lowest BCUT2D eigenvalue weighted by Gasteiger charge is -2.69. The number of rotatable bonds is 16. The number of aliphatic hydroxyl groups excluding tert-OH is 6. The molecule has 1 spiro atoms. The first-order chi connectivity index (χ1) is 38.6. The lowest BCUT2D eigenvalue weighted by molar-refractivity contribution is -0.276. The van der Waals surface area contributed by atoms with Crippen molar-refractivity contribution < 1.29 is 65.3 Å². The summed E-state index contributed by atoms with van der Waals surface area (Å²) in [5.74, 6) is -3.45. The number of carbonyl (C=O) groups excluding carboxylic acids is 1. The second-order valence-corrected chi connectivity index (χ2v) is 28.8. The molecule has 2 heterocycles. The standard InChI is InChI=1S/C65H103N3O13/c1-4-8-38-15-19-45-51(21-16-38)81-59-54(45)48(72)12-6-26-65(59,79)60(3,76)52-24-28-64(78)55-56(67-35-37(2)70)57(75)46-32-49(73)50(74)34-61(46)33-40(44-20-22-53(66)68-47(44)11-7-29-69)23-27-62(77,58(55)61)36-63(52,64)41-17-13-39(14-18-41)25-30-80-43-10-5-9-42(71)31-43/h20,22-23,27,37-43,45-46,48-54,58-59,67-74,76-79H,4-19,21,24-26,28-36,66H2,1-3H3/t37-,38+,39?,40+,41?,42+,43-,45+,46-,48-,49+,50-,51+,52+,53?,54+,58-,59+,60+,61-,62+,63-,64+,65+/m0/s1. The van der Waals surface area contributed by atoms with E-state index in [1.165, 1.54) is 0 Å². The molecule has 16 heteroatoms. The Morgan fingerprint density at radius 1 is 0.889 bits per heavy atom. The fraction of sp³-hybridized carbons (Fsp3) is 0.862. The van der Waals surface area contributed by atoms with E-state index in [2.05, 4.69) is 17.6 Å². The van der Waals surface area contributed by atoms with Crippen LogP contribution in [0.1, 0.15) is 188 Å². The van der Waals surface area contributed by atoms with Gasteiger partial charge in [0.15, 0.2) is 5.78 Å². The van der Waals surface area contributed by atoms with Crippen molar-refractivity contribution in [3.05, 3.63) is 46.8 Å². The predicted octanol–water partition coefficient (Wildman–Crippen LogP) is 5.37. The zero-order chi connectivity index (χ0) is 57.4. The number of nitrogens with two attached hydrogens (primary N) is 1. The van der Waals surface area contributed by atoms with E-state index in [0.29, 0.717) is 69.0 Å². The highest BCUT2D eigenvalue weighted by Gasteiger charge is 2.80. The number of allylic oxidation sites excluding steroid dienone is 5. The molecule has 0 radical (unpaired) electrons. The molecule has 7 saturated carbocycles. The first kappa shape index (κ1) is 60.4. The van der Waals surface area contributed by atoms with Crippen LogP contribution >= 0.6 is 0 Å². The van der Waals surface area contributed by atoms with Crippen molar-refractivity contribution in [1.82, 2.24) is 10.6 Å². The number of hydrogen-bond acceptors (Lipinski definition) is 16. The quantitative estimate of drug-likeness (QED) is 0.0865. The van der Waals surface area contributed by atoms with Gasteiger partial charge in [-0.1, -0.05) is 57.3 Å². The molecular formula is C65H103N3O13. The van der Waals surface area contributed by atoms with E-state index < -0.39 is 99.5 Å². The molecule has 81 heavy (non-hydrogen) atoms. The number of fused-ring (bicyclic) bond motifs is 5. The summed E-state index contributed by atoms with van der Waals surface area (Å²) in [5, 5.41) is 132. The summed E-state index contributed by atoms with van der Waals surface area (Å²) < 4.78 is 13.6. The first-order valence-electron chi connectivity index (χ1n) is 32.5. The van der Waals surface area contributed by atoms with Crippen LogP contribution in [0.4, 0.5) is 0 Å². The van der Waals surface area contributed by atoms with E-state index in [9.17, 15) is 46.0 Å². The fourth-order valence-corrected chi connectivity index (χ4v) is 20.7. The van der Waals surface area contributed by atoms with Crippen molar-refractivity contribution in [1.29, 1.82) is 0 Å². The van der Waals surface area contributed by atoms with Crippen LogP contribution in [-0.4, -0.2) is 154 Å². The minimum Gasteiger partial charge on any atom is -0.396 e. The molecule has 0 aromatic rings. The van der Waals surface area contributed by atoms with Gasteiger partial charge in [0.1, 0.15) is 5.60 Å². The van der Waals surface area contributed by atoms with Crippen molar-refractivity contribution in [2.24, 2.45) is 69.8 Å². The van der Waals surface area contributed by atoms with Gasteiger partial charge in [-0.15, -0.1) is 0 Å². The Kier molecular flexibility index (Phi) is 17.5. The van der Waals surface area contributed by atoms with Crippen LogP contribution in [0.2, 0.25) is 0 Å². The largest absolute Gasteiger partial charge is 0.396 e. The smallest absolute Gasteiger partial charge is 0.182 e. The molecule has 16 nitrogen and oxygen atoms in total. The van der Waals surface area contributed by atoms with Gasteiger partial charge in [-0.05, 0) is 201 Å². The van der Waals surface area contributed by atoms with E-state index >= 15 is 9.90 Å². The second kappa shape index (κ2) is 23.4. The number of hydrogen-bond donors (Lipinski definition) is 13. The highest BCUT2D eigenvalue weighted by atomic mass is 16.5. The van der Waals surface area contributed by atoms with Crippen molar-refractivity contribution in [2.75, 3.05) is 19.8 Å². The predicted molar refractivity (Wildman–Crippen MR) is 305 cm³/mol. The molecule has 0 amide bonds. The topological polar surface area (TPSA) is 288 Å². The van der Waals surface area contributed by atoms with Crippen molar-refractivity contribution >= 4 is 5.78 Å². The highest BCUT2D eigenvalue weighted by molar-refractivity contribution is 6.00. The van der Waals surface area contributed by atoms with Gasteiger partial charge in [0.2, 0.25) is 0 Å². The molecule has 11 rings (SSSR count). The van der Waals surface area contributed by atoms with Crippen LogP contribution < -0.4 is 16.4 Å². The van der Waals surface area contributed by atoms with Gasteiger partial charge in [0.05, 0.1) is 77.5 Å². The minimum atomic E-state index is -1.98. The first-order valence-corrected chi connectivity index (χ1v) is 32.5. The number of ether oxygens (including phenoxy) is 2. The number of ketones is 1. The third kappa shape index (κ3) is 10.3. The zero-order valence-electron chi connectivity index (χ0n) is 49.0. The van der Waals surface area contributed by atoms with Gasteiger partial charge >= 0.3 is 0 Å². The minimum absolute atomic E-state index is 0.00285. The maximum absolute atomic E-state index is 16.1. The van der Waals surface area contributed by atoms with Crippen LogP contribution in [0, 0.1) is 64.1 Å². The second-order valence-electron chi connectivity index (χ2n) is 28.8. The average molecular weight is 1130 g/mol. The summed E-state index contributed by atoms with van der Waals surface area (Å²) in [4.78, 5) is 16.1. The van der Waals surface area contributed by atoms with Gasteiger partial charge in [-0.2, -0.15) is 0 Å². The molecule has 2 aliphatic heterocycles. The Bertz CT molecular complexity index is 2390. The normalized spacial score (nSPS) is 48.1. The Hall–Kier alpha value is -2.29. The zero-order valence-corrected chi connectivity index (χ0v) is 49.0. The van der Waals surface area contributed by atoms with Gasteiger partial charge in [-0.3, -0.25) is 4.79 Å². The number of Topliss-reactive ketones (excluding diaryl/α,β-unsaturated/α-hetero) is 1. The van der Waals surface area contributed by atoms with Crippen LogP contribution in [0.3, 0.4) is 0 Å². The van der Waals surface area contributed by atoms with Crippen LogP contribution in [0.25, 0.3) is 0 Å². The fourth-order valence-electron chi connectivity index (χ4n) is 20.7. The van der Waals surface area contributed by atoms with Gasteiger partial charge < -0.3 is 76.9 Å². The lowest BCUT2D eigenvalue weighted by Crippen LogP contribution is -2.74. The molecule has 14 N–H and O–H groups in total. The van der Waals surface area contributed by atoms with E-state index in [0.717, 1.165) is 88.3 Å². The van der Waals surface area contributed by atoms with Crippen molar-refractivity contribution in [2.45, 2.75) is 265 Å². The number of aliphatic hydroxyl groups is 10. The third-order valence-electron chi connectivity index (χ3n) is 24.2. The Morgan fingerprint density at radius 2 is 1.64 bits per heavy atom. The Balaban J connectivity index is 1.07. The molecule has 0 aromatic heterocycles. The summed E-state index contributed by atoms with van der Waals surface area (Å²) in [7, 11) is 0. The summed E-state index contributed by atoms with van der Waals surface area (Å²) >= 11 is 0. The maximum Gasteiger partial charge on any atom is 0.182 e. The van der Waals surface area contributed by atoms with Crippen molar-refractivity contribution in [3.63, 3.8) is 0 Å². The van der Waals surface area contributed by atoms with Crippen LogP contribution in [0.15, 0.2) is 46.8 Å². The Labute approximate surface area is 481 Å². The van der Waals surface area contributed by atoms with Gasteiger partial charge in [0, 0.05) is 54.5 Å². The van der Waals surface area contributed by atoms with Gasteiger partial charge in [-0.25, -0.2) is 0 Å². The molecule has 11 aliphatic rings. The summed E-state index contributed by atoms with van der Waals surface area (Å²) in [5.41, 5.74) is -1.57. The molecule has 9 aliphatic carbocycles. The van der Waals surface area contributed by atoms with Crippen LogP contribution in [-0.2, 0) is 14.3 Å².